The average molecular weight is 201 g/mol. The molecule has 0 unspecified atom stereocenters. The number of rotatable bonds is 7. The summed E-state index contributed by atoms with van der Waals surface area (Å²) in [5.41, 5.74) is 0. The maximum absolute atomic E-state index is 11.0. The topological polar surface area (TPSA) is 55.4 Å². The number of ether oxygens (including phenoxy) is 1. The third kappa shape index (κ3) is 7.58. The van der Waals surface area contributed by atoms with Crippen molar-refractivity contribution in [3.63, 3.8) is 0 Å². The largest absolute Gasteiger partial charge is 0.469 e. The van der Waals surface area contributed by atoms with Crippen LogP contribution in [-0.2, 0) is 14.3 Å². The van der Waals surface area contributed by atoms with Crippen LogP contribution >= 0.6 is 0 Å². The fourth-order valence-corrected chi connectivity index (χ4v) is 1.04. The van der Waals surface area contributed by atoms with Crippen molar-refractivity contribution < 1.29 is 14.3 Å². The van der Waals surface area contributed by atoms with Gasteiger partial charge in [0.15, 0.2) is 0 Å². The molecule has 0 saturated heterocycles. The highest BCUT2D eigenvalue weighted by atomic mass is 16.5. The fraction of sp³-hybridized carbons (Fsp3) is 0.800. The highest BCUT2D eigenvalue weighted by molar-refractivity contribution is 5.75. The zero-order valence-corrected chi connectivity index (χ0v) is 8.97. The van der Waals surface area contributed by atoms with Gasteiger partial charge in [-0.2, -0.15) is 0 Å². The van der Waals surface area contributed by atoms with E-state index < -0.39 is 0 Å². The molecule has 0 saturated carbocycles. The van der Waals surface area contributed by atoms with Gasteiger partial charge < -0.3 is 10.1 Å². The number of nitrogens with one attached hydrogen (secondary N) is 1. The number of hydrogen-bond donors (Lipinski definition) is 1. The molecule has 0 bridgehead atoms. The van der Waals surface area contributed by atoms with Crippen molar-refractivity contribution in [2.45, 2.75) is 39.0 Å². The lowest BCUT2D eigenvalue weighted by Gasteiger charge is -2.03. The Morgan fingerprint density at radius 3 is 2.50 bits per heavy atom. The van der Waals surface area contributed by atoms with E-state index in [4.69, 9.17) is 0 Å². The van der Waals surface area contributed by atoms with E-state index in [0.717, 1.165) is 19.3 Å². The third-order valence-corrected chi connectivity index (χ3v) is 1.83. The van der Waals surface area contributed by atoms with Gasteiger partial charge >= 0.3 is 5.97 Å². The minimum absolute atomic E-state index is 0.0885. The van der Waals surface area contributed by atoms with E-state index in [2.05, 4.69) is 10.1 Å². The molecule has 4 heteroatoms. The molecule has 4 nitrogen and oxygen atoms in total. The van der Waals surface area contributed by atoms with Gasteiger partial charge in [0.25, 0.3) is 0 Å². The number of esters is 1. The van der Waals surface area contributed by atoms with Crippen LogP contribution in [0.15, 0.2) is 0 Å². The highest BCUT2D eigenvalue weighted by Gasteiger charge is 2.00. The van der Waals surface area contributed by atoms with Gasteiger partial charge in [-0.05, 0) is 19.3 Å². The monoisotopic (exact) mass is 201 g/mol. The first-order valence-electron chi connectivity index (χ1n) is 5.04. The quantitative estimate of drug-likeness (QED) is 0.498. The molecule has 0 rings (SSSR count). The molecule has 0 heterocycles. The Balaban J connectivity index is 3.21. The van der Waals surface area contributed by atoms with Gasteiger partial charge in [0.1, 0.15) is 0 Å². The standard InChI is InChI=1S/C10H19NO3/c1-3-6-9(12)11-8-5-4-7-10(13)14-2/h3-8H2,1-2H3,(H,11,12). The van der Waals surface area contributed by atoms with Gasteiger partial charge in [0.2, 0.25) is 5.91 Å². The molecule has 0 aliphatic rings. The van der Waals surface area contributed by atoms with Gasteiger partial charge in [-0.15, -0.1) is 0 Å². The Hall–Kier alpha value is -1.06. The minimum Gasteiger partial charge on any atom is -0.469 e. The molecule has 14 heavy (non-hydrogen) atoms. The maximum atomic E-state index is 11.0. The van der Waals surface area contributed by atoms with Crippen LogP contribution in [0.1, 0.15) is 39.0 Å². The number of unbranched alkanes of at least 4 members (excludes halogenated alkanes) is 1. The van der Waals surface area contributed by atoms with E-state index in [0.29, 0.717) is 19.4 Å². The zero-order chi connectivity index (χ0) is 10.8. The lowest BCUT2D eigenvalue weighted by molar-refractivity contribution is -0.140. The normalized spacial score (nSPS) is 9.57. The van der Waals surface area contributed by atoms with Crippen molar-refractivity contribution in [2.75, 3.05) is 13.7 Å². The van der Waals surface area contributed by atoms with Crippen molar-refractivity contribution in [3.05, 3.63) is 0 Å². The lowest BCUT2D eigenvalue weighted by atomic mass is 10.2. The molecule has 0 atom stereocenters. The third-order valence-electron chi connectivity index (χ3n) is 1.83. The maximum Gasteiger partial charge on any atom is 0.305 e. The second-order valence-electron chi connectivity index (χ2n) is 3.13. The first-order chi connectivity index (χ1) is 6.70. The van der Waals surface area contributed by atoms with Crippen LogP contribution < -0.4 is 5.32 Å². The molecule has 0 aliphatic carbocycles. The summed E-state index contributed by atoms with van der Waals surface area (Å²) in [7, 11) is 1.38. The summed E-state index contributed by atoms with van der Waals surface area (Å²) in [6, 6.07) is 0. The molecule has 0 aromatic heterocycles. The number of amides is 1. The Morgan fingerprint density at radius 2 is 1.93 bits per heavy atom. The van der Waals surface area contributed by atoms with E-state index in [-0.39, 0.29) is 11.9 Å². The highest BCUT2D eigenvalue weighted by Crippen LogP contribution is 1.96. The number of hydrogen-bond acceptors (Lipinski definition) is 3. The molecule has 1 N–H and O–H groups in total. The van der Waals surface area contributed by atoms with Gasteiger partial charge in [-0.25, -0.2) is 0 Å². The van der Waals surface area contributed by atoms with Crippen molar-refractivity contribution in [3.8, 4) is 0 Å². The molecule has 1 amide bonds. The van der Waals surface area contributed by atoms with Gasteiger partial charge in [-0.3, -0.25) is 9.59 Å². The molecular formula is C10H19NO3. The predicted molar refractivity (Wildman–Crippen MR) is 53.8 cm³/mol. The molecule has 0 aromatic rings. The first kappa shape index (κ1) is 12.9. The Labute approximate surface area is 85.0 Å². The summed E-state index contributed by atoms with van der Waals surface area (Å²) in [4.78, 5) is 21.7. The van der Waals surface area contributed by atoms with Crippen LogP contribution in [0.2, 0.25) is 0 Å². The smallest absolute Gasteiger partial charge is 0.305 e. The van der Waals surface area contributed by atoms with Crippen molar-refractivity contribution in [1.82, 2.24) is 5.32 Å². The summed E-state index contributed by atoms with van der Waals surface area (Å²) in [5.74, 6) is -0.101. The molecular weight excluding hydrogens is 182 g/mol. The van der Waals surface area contributed by atoms with Crippen LogP contribution in [0.4, 0.5) is 0 Å². The van der Waals surface area contributed by atoms with E-state index in [1.807, 2.05) is 6.92 Å². The number of carbonyl (C=O) groups excluding carboxylic acids is 2. The van der Waals surface area contributed by atoms with Crippen molar-refractivity contribution in [2.24, 2.45) is 0 Å². The van der Waals surface area contributed by atoms with Crippen molar-refractivity contribution in [1.29, 1.82) is 0 Å². The van der Waals surface area contributed by atoms with Crippen LogP contribution in [0.5, 0.6) is 0 Å². The number of carbonyl (C=O) groups is 2. The van der Waals surface area contributed by atoms with E-state index >= 15 is 0 Å². The van der Waals surface area contributed by atoms with Gasteiger partial charge in [0, 0.05) is 19.4 Å². The molecule has 0 aromatic carbocycles. The van der Waals surface area contributed by atoms with E-state index in [1.54, 1.807) is 0 Å². The Morgan fingerprint density at radius 1 is 1.21 bits per heavy atom. The molecule has 0 radical (unpaired) electrons. The van der Waals surface area contributed by atoms with Crippen LogP contribution in [-0.4, -0.2) is 25.5 Å². The van der Waals surface area contributed by atoms with Crippen LogP contribution in [0, 0.1) is 0 Å². The SMILES string of the molecule is CCCC(=O)NCCCCC(=O)OC. The molecule has 0 fully saturated rings. The van der Waals surface area contributed by atoms with E-state index in [9.17, 15) is 9.59 Å². The summed E-state index contributed by atoms with van der Waals surface area (Å²) < 4.78 is 4.49. The van der Waals surface area contributed by atoms with Crippen LogP contribution in [0.3, 0.4) is 0 Å². The minimum atomic E-state index is -0.190. The summed E-state index contributed by atoms with van der Waals surface area (Å²) in [5, 5.41) is 2.78. The summed E-state index contributed by atoms with van der Waals surface area (Å²) in [6.45, 7) is 2.62. The molecule has 0 aliphatic heterocycles. The Bertz CT molecular complexity index is 180. The van der Waals surface area contributed by atoms with Crippen LogP contribution in [0.25, 0.3) is 0 Å². The Kier molecular flexibility index (Phi) is 7.89. The average Bonchev–Trinajstić information content (AvgIpc) is 2.17. The predicted octanol–water partition coefficient (Wildman–Crippen LogP) is 1.25. The summed E-state index contributed by atoms with van der Waals surface area (Å²) in [6.07, 6.45) is 3.47. The molecule has 0 spiro atoms. The van der Waals surface area contributed by atoms with E-state index in [1.165, 1.54) is 7.11 Å². The zero-order valence-electron chi connectivity index (χ0n) is 8.97. The lowest BCUT2D eigenvalue weighted by Crippen LogP contribution is -2.23. The first-order valence-corrected chi connectivity index (χ1v) is 5.04. The second kappa shape index (κ2) is 8.53. The van der Waals surface area contributed by atoms with Gasteiger partial charge in [-0.1, -0.05) is 6.92 Å². The van der Waals surface area contributed by atoms with Gasteiger partial charge in [0.05, 0.1) is 7.11 Å². The molecule has 82 valence electrons. The fourth-order valence-electron chi connectivity index (χ4n) is 1.04. The van der Waals surface area contributed by atoms with Crippen molar-refractivity contribution >= 4 is 11.9 Å². The summed E-state index contributed by atoms with van der Waals surface area (Å²) >= 11 is 0. The number of methoxy groups -OCH3 is 1. The second-order valence-corrected chi connectivity index (χ2v) is 3.13.